The van der Waals surface area contributed by atoms with Gasteiger partial charge in [-0.3, -0.25) is 0 Å². The summed E-state index contributed by atoms with van der Waals surface area (Å²) in [5.41, 5.74) is 15.6. The van der Waals surface area contributed by atoms with E-state index < -0.39 is 0 Å². The zero-order valence-electron chi connectivity index (χ0n) is 36.0. The average molecular weight is 801 g/mol. The summed E-state index contributed by atoms with van der Waals surface area (Å²) in [5, 5.41) is 4.95. The Kier molecular flexibility index (Phi) is 10.5. The molecule has 0 N–H and O–H groups in total. The Morgan fingerprint density at radius 3 is 1.39 bits per heavy atom. The number of benzene rings is 9. The number of para-hydroxylation sites is 1. The Hall–Kier alpha value is -7.16. The first-order valence-corrected chi connectivity index (χ1v) is 22.2. The fourth-order valence-corrected chi connectivity index (χ4v) is 9.46. The highest BCUT2D eigenvalue weighted by atomic mass is 15.1. The van der Waals surface area contributed by atoms with Crippen LogP contribution in [0.15, 0.2) is 212 Å². The maximum absolute atomic E-state index is 2.41. The molecule has 1 heterocycles. The number of anilines is 3. The van der Waals surface area contributed by atoms with Crippen molar-refractivity contribution in [3.63, 3.8) is 0 Å². The third kappa shape index (κ3) is 7.58. The summed E-state index contributed by atoms with van der Waals surface area (Å²) in [6, 6.07) is 78.0. The van der Waals surface area contributed by atoms with Crippen LogP contribution in [0.2, 0.25) is 0 Å². The van der Waals surface area contributed by atoms with Crippen LogP contribution in [0.5, 0.6) is 0 Å². The van der Waals surface area contributed by atoms with Crippen molar-refractivity contribution >= 4 is 49.6 Å². The molecule has 2 nitrogen and oxygen atoms in total. The minimum atomic E-state index is 0.566. The molecule has 0 amide bonds. The standard InChI is InChI=1S/C60H52N2/c1-41(2)37-56(42(3)4)48-21-19-46(20-22-48)50-28-35-59-57(39-50)58-40-51(29-36-60(58)62(59)52-17-9-6-10-18-52)47-25-32-54(33-26-47)61(55-34-27-44-15-11-12-16-49(44)38-55)53-30-23-45(24-31-53)43-13-7-5-8-14-43/h5-36,38-42,56H,37H2,1-4H3. The van der Waals surface area contributed by atoms with Crippen molar-refractivity contribution < 1.29 is 0 Å². The van der Waals surface area contributed by atoms with Crippen molar-refractivity contribution in [1.29, 1.82) is 0 Å². The Labute approximate surface area is 366 Å². The minimum absolute atomic E-state index is 0.566. The van der Waals surface area contributed by atoms with Crippen molar-refractivity contribution in [3.05, 3.63) is 218 Å². The fourth-order valence-electron chi connectivity index (χ4n) is 9.46. The lowest BCUT2D eigenvalue weighted by Gasteiger charge is -2.26. The maximum atomic E-state index is 2.41. The van der Waals surface area contributed by atoms with Gasteiger partial charge >= 0.3 is 0 Å². The molecule has 1 unspecified atom stereocenters. The van der Waals surface area contributed by atoms with Crippen LogP contribution in [0.1, 0.15) is 45.6 Å². The molecule has 0 spiro atoms. The molecule has 62 heavy (non-hydrogen) atoms. The van der Waals surface area contributed by atoms with Crippen LogP contribution in [0.25, 0.3) is 71.6 Å². The van der Waals surface area contributed by atoms with E-state index in [2.05, 4.69) is 249 Å². The number of fused-ring (bicyclic) bond motifs is 4. The zero-order valence-corrected chi connectivity index (χ0v) is 36.0. The van der Waals surface area contributed by atoms with E-state index in [-0.39, 0.29) is 0 Å². The topological polar surface area (TPSA) is 8.17 Å². The molecule has 0 aliphatic heterocycles. The number of rotatable bonds is 11. The Balaban J connectivity index is 1.04. The van der Waals surface area contributed by atoms with Gasteiger partial charge in [-0.15, -0.1) is 0 Å². The van der Waals surface area contributed by atoms with Crippen LogP contribution in [0.3, 0.4) is 0 Å². The average Bonchev–Trinajstić information content (AvgIpc) is 3.65. The highest BCUT2D eigenvalue weighted by molar-refractivity contribution is 6.11. The molecule has 1 atom stereocenters. The summed E-state index contributed by atoms with van der Waals surface area (Å²) in [5.74, 6) is 1.84. The highest BCUT2D eigenvalue weighted by Crippen LogP contribution is 2.41. The normalized spacial score (nSPS) is 12.2. The van der Waals surface area contributed by atoms with Gasteiger partial charge in [0.25, 0.3) is 0 Å². The van der Waals surface area contributed by atoms with Gasteiger partial charge in [0, 0.05) is 33.5 Å². The number of nitrogens with zero attached hydrogens (tertiary/aromatic N) is 2. The Bertz CT molecular complexity index is 3120. The first-order chi connectivity index (χ1) is 30.4. The van der Waals surface area contributed by atoms with Gasteiger partial charge < -0.3 is 9.47 Å². The summed E-state index contributed by atoms with van der Waals surface area (Å²) in [6.07, 6.45) is 1.21. The molecule has 0 bridgehead atoms. The van der Waals surface area contributed by atoms with Gasteiger partial charge in [0.15, 0.2) is 0 Å². The molecule has 0 saturated carbocycles. The van der Waals surface area contributed by atoms with Crippen molar-refractivity contribution in [2.24, 2.45) is 11.8 Å². The third-order valence-corrected chi connectivity index (χ3v) is 12.7. The number of aromatic nitrogens is 1. The van der Waals surface area contributed by atoms with E-state index in [1.54, 1.807) is 0 Å². The van der Waals surface area contributed by atoms with Crippen LogP contribution in [0.4, 0.5) is 17.1 Å². The van der Waals surface area contributed by atoms with Crippen LogP contribution in [0, 0.1) is 11.8 Å². The molecule has 0 aliphatic carbocycles. The zero-order chi connectivity index (χ0) is 42.2. The monoisotopic (exact) mass is 800 g/mol. The molecule has 2 heteroatoms. The van der Waals surface area contributed by atoms with Gasteiger partial charge in [-0.25, -0.2) is 0 Å². The summed E-state index contributed by atoms with van der Waals surface area (Å²) >= 11 is 0. The highest BCUT2D eigenvalue weighted by Gasteiger charge is 2.19. The lowest BCUT2D eigenvalue weighted by atomic mass is 9.82. The third-order valence-electron chi connectivity index (χ3n) is 12.7. The maximum Gasteiger partial charge on any atom is 0.0541 e. The molecular weight excluding hydrogens is 749 g/mol. The molecule has 302 valence electrons. The smallest absolute Gasteiger partial charge is 0.0541 e. The Morgan fingerprint density at radius 2 is 0.839 bits per heavy atom. The lowest BCUT2D eigenvalue weighted by molar-refractivity contribution is 0.408. The van der Waals surface area contributed by atoms with Gasteiger partial charge in [-0.05, 0) is 147 Å². The van der Waals surface area contributed by atoms with Gasteiger partial charge in [0.2, 0.25) is 0 Å². The van der Waals surface area contributed by atoms with E-state index in [4.69, 9.17) is 0 Å². The second-order valence-corrected chi connectivity index (χ2v) is 17.6. The van der Waals surface area contributed by atoms with E-state index in [9.17, 15) is 0 Å². The lowest BCUT2D eigenvalue weighted by Crippen LogP contribution is -2.09. The Morgan fingerprint density at radius 1 is 0.387 bits per heavy atom. The molecular formula is C60H52N2. The van der Waals surface area contributed by atoms with Gasteiger partial charge in [0.05, 0.1) is 11.0 Å². The molecule has 0 radical (unpaired) electrons. The van der Waals surface area contributed by atoms with E-state index in [0.717, 1.165) is 22.7 Å². The quantitative estimate of drug-likeness (QED) is 0.126. The van der Waals surface area contributed by atoms with E-state index in [1.807, 2.05) is 0 Å². The van der Waals surface area contributed by atoms with Crippen molar-refractivity contribution in [3.8, 4) is 39.1 Å². The largest absolute Gasteiger partial charge is 0.310 e. The van der Waals surface area contributed by atoms with E-state index in [1.165, 1.54) is 77.9 Å². The van der Waals surface area contributed by atoms with Crippen molar-refractivity contribution in [2.75, 3.05) is 4.90 Å². The summed E-state index contributed by atoms with van der Waals surface area (Å²) in [6.45, 7) is 9.37. The van der Waals surface area contributed by atoms with E-state index in [0.29, 0.717) is 17.8 Å². The SMILES string of the molecule is CC(C)CC(c1ccc(-c2ccc3c(c2)c2cc(-c4ccc(N(c5ccc(-c6ccccc6)cc5)c5ccc6ccccc6c5)cc4)ccc2n3-c2ccccc2)cc1)C(C)C. The second kappa shape index (κ2) is 16.7. The predicted molar refractivity (Wildman–Crippen MR) is 266 cm³/mol. The summed E-state index contributed by atoms with van der Waals surface area (Å²) < 4.78 is 2.41. The summed E-state index contributed by atoms with van der Waals surface area (Å²) in [4.78, 5) is 2.36. The predicted octanol–water partition coefficient (Wildman–Crippen LogP) is 17.2. The van der Waals surface area contributed by atoms with Crippen LogP contribution < -0.4 is 4.90 Å². The molecule has 10 rings (SSSR count). The molecule has 9 aromatic carbocycles. The van der Waals surface area contributed by atoms with Gasteiger partial charge in [0.1, 0.15) is 0 Å². The van der Waals surface area contributed by atoms with Crippen LogP contribution in [-0.2, 0) is 0 Å². The minimum Gasteiger partial charge on any atom is -0.310 e. The van der Waals surface area contributed by atoms with Crippen LogP contribution in [-0.4, -0.2) is 4.57 Å². The van der Waals surface area contributed by atoms with Crippen molar-refractivity contribution in [2.45, 2.75) is 40.0 Å². The number of hydrogen-bond acceptors (Lipinski definition) is 1. The number of hydrogen-bond donors (Lipinski definition) is 0. The molecule has 0 aliphatic rings. The molecule has 0 saturated heterocycles. The van der Waals surface area contributed by atoms with Gasteiger partial charge in [-0.1, -0.05) is 167 Å². The first kappa shape index (κ1) is 39.0. The summed E-state index contributed by atoms with van der Waals surface area (Å²) in [7, 11) is 0. The fraction of sp³-hybridized carbons (Fsp3) is 0.133. The molecule has 0 fully saturated rings. The van der Waals surface area contributed by atoms with Crippen LogP contribution >= 0.6 is 0 Å². The van der Waals surface area contributed by atoms with Crippen molar-refractivity contribution in [1.82, 2.24) is 4.57 Å². The first-order valence-electron chi connectivity index (χ1n) is 22.2. The second-order valence-electron chi connectivity index (χ2n) is 17.6. The van der Waals surface area contributed by atoms with E-state index >= 15 is 0 Å². The molecule has 10 aromatic rings. The van der Waals surface area contributed by atoms with Gasteiger partial charge in [-0.2, -0.15) is 0 Å². The molecule has 1 aromatic heterocycles.